The van der Waals surface area contributed by atoms with Gasteiger partial charge in [-0.25, -0.2) is 0 Å². The number of aliphatic hydroxyl groups is 1. The molecule has 7 heteroatoms. The van der Waals surface area contributed by atoms with Gasteiger partial charge in [-0.3, -0.25) is 9.59 Å². The van der Waals surface area contributed by atoms with E-state index in [1.807, 2.05) is 56.3 Å². The first-order valence-electron chi connectivity index (χ1n) is 11.5. The zero-order valence-corrected chi connectivity index (χ0v) is 22.1. The van der Waals surface area contributed by atoms with Crippen molar-refractivity contribution in [2.45, 2.75) is 33.2 Å². The number of aryl methyl sites for hydroxylation is 1. The van der Waals surface area contributed by atoms with Gasteiger partial charge < -0.3 is 19.6 Å². The van der Waals surface area contributed by atoms with Crippen molar-refractivity contribution in [1.82, 2.24) is 9.80 Å². The minimum Gasteiger partial charge on any atom is -0.507 e. The summed E-state index contributed by atoms with van der Waals surface area (Å²) in [4.78, 5) is 29.9. The number of benzene rings is 2. The maximum Gasteiger partial charge on any atom is 0.295 e. The van der Waals surface area contributed by atoms with Gasteiger partial charge in [-0.15, -0.1) is 0 Å². The van der Waals surface area contributed by atoms with E-state index >= 15 is 0 Å². The maximum atomic E-state index is 13.2. The van der Waals surface area contributed by atoms with Crippen LogP contribution in [0.4, 0.5) is 0 Å². The van der Waals surface area contributed by atoms with Crippen LogP contribution in [0.3, 0.4) is 0 Å². The van der Waals surface area contributed by atoms with Crippen LogP contribution in [-0.4, -0.2) is 60.4 Å². The highest BCUT2D eigenvalue weighted by Crippen LogP contribution is 2.40. The average Bonchev–Trinajstić information content (AvgIpc) is 3.02. The van der Waals surface area contributed by atoms with Gasteiger partial charge in [0.05, 0.1) is 18.2 Å². The molecule has 34 heavy (non-hydrogen) atoms. The van der Waals surface area contributed by atoms with E-state index in [1.54, 1.807) is 17.0 Å². The highest BCUT2D eigenvalue weighted by molar-refractivity contribution is 9.10. The van der Waals surface area contributed by atoms with E-state index in [0.717, 1.165) is 22.1 Å². The molecule has 0 aliphatic carbocycles. The third kappa shape index (κ3) is 5.88. The molecule has 1 atom stereocenters. The third-order valence-electron chi connectivity index (χ3n) is 5.77. The molecule has 1 fully saturated rings. The zero-order valence-electron chi connectivity index (χ0n) is 20.5. The van der Waals surface area contributed by atoms with Crippen molar-refractivity contribution in [2.24, 2.45) is 5.92 Å². The number of halogens is 1. The van der Waals surface area contributed by atoms with Gasteiger partial charge in [-0.2, -0.15) is 0 Å². The summed E-state index contributed by atoms with van der Waals surface area (Å²) in [7, 11) is 3.94. The van der Waals surface area contributed by atoms with Gasteiger partial charge in [0.2, 0.25) is 0 Å². The first-order chi connectivity index (χ1) is 16.1. The SMILES string of the molecule is Cc1cc(OCC(C)C)ccc1C(O)=C1C(=O)C(=O)N(CCCN(C)C)C1c1ccc(Br)cc1. The number of ether oxygens (including phenoxy) is 1. The number of ketones is 1. The molecule has 1 amide bonds. The summed E-state index contributed by atoms with van der Waals surface area (Å²) in [5.41, 5.74) is 2.19. The molecule has 1 unspecified atom stereocenters. The Hall–Kier alpha value is -2.64. The van der Waals surface area contributed by atoms with Crippen LogP contribution in [0.1, 0.15) is 43.0 Å². The minimum atomic E-state index is -0.658. The fourth-order valence-electron chi connectivity index (χ4n) is 4.06. The van der Waals surface area contributed by atoms with E-state index in [4.69, 9.17) is 4.74 Å². The van der Waals surface area contributed by atoms with Crippen LogP contribution in [0.25, 0.3) is 5.76 Å². The molecule has 1 aliphatic rings. The molecule has 2 aromatic carbocycles. The molecule has 3 rings (SSSR count). The third-order valence-corrected chi connectivity index (χ3v) is 6.30. The number of carbonyl (C=O) groups excluding carboxylic acids is 2. The Morgan fingerprint density at radius 3 is 2.41 bits per heavy atom. The molecule has 6 nitrogen and oxygen atoms in total. The van der Waals surface area contributed by atoms with Crippen LogP contribution in [0.15, 0.2) is 52.5 Å². The summed E-state index contributed by atoms with van der Waals surface area (Å²) in [5.74, 6) is -0.300. The Balaban J connectivity index is 2.04. The molecule has 182 valence electrons. The van der Waals surface area contributed by atoms with Crippen molar-refractivity contribution < 1.29 is 19.4 Å². The summed E-state index contributed by atoms with van der Waals surface area (Å²) >= 11 is 3.44. The average molecular weight is 529 g/mol. The number of nitrogens with zero attached hydrogens (tertiary/aromatic N) is 2. The maximum absolute atomic E-state index is 13.2. The topological polar surface area (TPSA) is 70.1 Å². The van der Waals surface area contributed by atoms with Crippen LogP contribution in [0.5, 0.6) is 5.75 Å². The Kier molecular flexibility index (Phi) is 8.55. The molecular formula is C27H33BrN2O4. The highest BCUT2D eigenvalue weighted by atomic mass is 79.9. The second-order valence-electron chi connectivity index (χ2n) is 9.38. The van der Waals surface area contributed by atoms with E-state index in [2.05, 4.69) is 29.8 Å². The smallest absolute Gasteiger partial charge is 0.295 e. The number of hydrogen-bond acceptors (Lipinski definition) is 5. The number of carbonyl (C=O) groups is 2. The molecule has 1 aliphatic heterocycles. The Labute approximate surface area is 210 Å². The van der Waals surface area contributed by atoms with Gasteiger partial charge in [0.25, 0.3) is 11.7 Å². The summed E-state index contributed by atoms with van der Waals surface area (Å²) in [6.45, 7) is 7.80. The Bertz CT molecular complexity index is 1080. The van der Waals surface area contributed by atoms with Crippen molar-refractivity contribution in [2.75, 3.05) is 33.8 Å². The molecule has 0 spiro atoms. The fraction of sp³-hybridized carbons (Fsp3) is 0.407. The summed E-state index contributed by atoms with van der Waals surface area (Å²) in [6, 6.07) is 12.2. The van der Waals surface area contributed by atoms with E-state index in [0.29, 0.717) is 36.8 Å². The second kappa shape index (κ2) is 11.2. The lowest BCUT2D eigenvalue weighted by molar-refractivity contribution is -0.139. The molecule has 1 N–H and O–H groups in total. The van der Waals surface area contributed by atoms with Gasteiger partial charge in [0, 0.05) is 16.6 Å². The molecule has 0 aromatic heterocycles. The summed E-state index contributed by atoms with van der Waals surface area (Å²) in [5, 5.41) is 11.3. The lowest BCUT2D eigenvalue weighted by atomic mass is 9.94. The molecule has 2 aromatic rings. The van der Waals surface area contributed by atoms with Gasteiger partial charge >= 0.3 is 0 Å². The summed E-state index contributed by atoms with van der Waals surface area (Å²) < 4.78 is 6.69. The van der Waals surface area contributed by atoms with Crippen LogP contribution < -0.4 is 4.74 Å². The van der Waals surface area contributed by atoms with Crippen LogP contribution in [0, 0.1) is 12.8 Å². The molecule has 0 radical (unpaired) electrons. The first kappa shape index (κ1) is 26.0. The molecular weight excluding hydrogens is 496 g/mol. The predicted octanol–water partition coefficient (Wildman–Crippen LogP) is 5.17. The molecule has 0 bridgehead atoms. The standard InChI is InChI=1S/C27H33BrN2O4/c1-17(2)16-34-21-11-12-22(18(3)15-21)25(31)23-24(19-7-9-20(28)10-8-19)30(27(33)26(23)32)14-6-13-29(4)5/h7-12,15,17,24,31H,6,13-14,16H2,1-5H3. The zero-order chi connectivity index (χ0) is 25.0. The van der Waals surface area contributed by atoms with E-state index < -0.39 is 17.7 Å². The summed E-state index contributed by atoms with van der Waals surface area (Å²) in [6.07, 6.45) is 0.716. The minimum absolute atomic E-state index is 0.121. The monoisotopic (exact) mass is 528 g/mol. The molecule has 1 saturated heterocycles. The number of aliphatic hydroxyl groups excluding tert-OH is 1. The van der Waals surface area contributed by atoms with Gasteiger partial charge in [0.15, 0.2) is 0 Å². The van der Waals surface area contributed by atoms with Crippen LogP contribution in [0.2, 0.25) is 0 Å². The van der Waals surface area contributed by atoms with Crippen LogP contribution in [-0.2, 0) is 9.59 Å². The van der Waals surface area contributed by atoms with Gasteiger partial charge in [-0.05, 0) is 81.4 Å². The van der Waals surface area contributed by atoms with Crippen molar-refractivity contribution in [1.29, 1.82) is 0 Å². The largest absolute Gasteiger partial charge is 0.507 e. The number of amides is 1. The number of likely N-dealkylation sites (tertiary alicyclic amines) is 1. The molecule has 1 heterocycles. The van der Waals surface area contributed by atoms with E-state index in [-0.39, 0.29) is 11.3 Å². The lowest BCUT2D eigenvalue weighted by Gasteiger charge is -2.26. The van der Waals surface area contributed by atoms with E-state index in [1.165, 1.54) is 0 Å². The van der Waals surface area contributed by atoms with Crippen molar-refractivity contribution in [3.63, 3.8) is 0 Å². The van der Waals surface area contributed by atoms with Crippen molar-refractivity contribution in [3.8, 4) is 5.75 Å². The van der Waals surface area contributed by atoms with Crippen molar-refractivity contribution >= 4 is 33.4 Å². The Morgan fingerprint density at radius 2 is 1.82 bits per heavy atom. The number of Topliss-reactive ketones (excluding diaryl/α,β-unsaturated/α-hetero) is 1. The normalized spacial score (nSPS) is 17.8. The van der Waals surface area contributed by atoms with Gasteiger partial charge in [0.1, 0.15) is 11.5 Å². The molecule has 0 saturated carbocycles. The van der Waals surface area contributed by atoms with Crippen LogP contribution >= 0.6 is 15.9 Å². The number of hydrogen-bond donors (Lipinski definition) is 1. The van der Waals surface area contributed by atoms with E-state index in [9.17, 15) is 14.7 Å². The Morgan fingerprint density at radius 1 is 1.15 bits per heavy atom. The predicted molar refractivity (Wildman–Crippen MR) is 138 cm³/mol. The highest BCUT2D eigenvalue weighted by Gasteiger charge is 2.45. The first-order valence-corrected chi connectivity index (χ1v) is 12.3. The second-order valence-corrected chi connectivity index (χ2v) is 10.3. The van der Waals surface area contributed by atoms with Gasteiger partial charge in [-0.1, -0.05) is 41.9 Å². The number of rotatable bonds is 9. The quantitative estimate of drug-likeness (QED) is 0.276. The lowest BCUT2D eigenvalue weighted by Crippen LogP contribution is -2.32. The fourth-order valence-corrected chi connectivity index (χ4v) is 4.32. The van der Waals surface area contributed by atoms with Crippen molar-refractivity contribution in [3.05, 3.63) is 69.2 Å².